The van der Waals surface area contributed by atoms with Crippen molar-refractivity contribution in [2.45, 2.75) is 31.8 Å². The molecule has 2 aliphatic heterocycles. The summed E-state index contributed by atoms with van der Waals surface area (Å²) < 4.78 is 5.34. The fourth-order valence-electron chi connectivity index (χ4n) is 1.91. The lowest BCUT2D eigenvalue weighted by Gasteiger charge is -2.18. The Morgan fingerprint density at radius 1 is 1.25 bits per heavy atom. The highest BCUT2D eigenvalue weighted by atomic mass is 16.5. The van der Waals surface area contributed by atoms with Crippen molar-refractivity contribution in [3.63, 3.8) is 0 Å². The number of nitrogens with zero attached hydrogens (tertiary/aromatic N) is 1. The highest BCUT2D eigenvalue weighted by molar-refractivity contribution is 5.81. The summed E-state index contributed by atoms with van der Waals surface area (Å²) in [6, 6.07) is 0. The third-order valence-electron chi connectivity index (χ3n) is 2.62. The number of carbonyl (C=O) groups excluding carboxylic acids is 1. The van der Waals surface area contributed by atoms with Gasteiger partial charge in [0.2, 0.25) is 0 Å². The standard InChI is InChI=1S/C9H15NO2/c11-9(8-4-3-7-12-8)10-5-1-2-6-10/h8H,1-7H2. The molecule has 0 aromatic carbocycles. The Bertz CT molecular complexity index is 151. The zero-order chi connectivity index (χ0) is 8.39. The summed E-state index contributed by atoms with van der Waals surface area (Å²) >= 11 is 0. The van der Waals surface area contributed by atoms with E-state index in [1.54, 1.807) is 0 Å². The van der Waals surface area contributed by atoms with Gasteiger partial charge in [0, 0.05) is 19.7 Å². The van der Waals surface area contributed by atoms with Gasteiger partial charge in [0.1, 0.15) is 6.10 Å². The van der Waals surface area contributed by atoms with Gasteiger partial charge in [0.05, 0.1) is 0 Å². The van der Waals surface area contributed by atoms with E-state index < -0.39 is 0 Å². The van der Waals surface area contributed by atoms with E-state index in [-0.39, 0.29) is 12.0 Å². The van der Waals surface area contributed by atoms with Crippen LogP contribution in [0.2, 0.25) is 0 Å². The van der Waals surface area contributed by atoms with Crippen LogP contribution in [0.3, 0.4) is 0 Å². The Hall–Kier alpha value is -0.570. The van der Waals surface area contributed by atoms with Gasteiger partial charge in [-0.15, -0.1) is 0 Å². The number of ether oxygens (including phenoxy) is 1. The van der Waals surface area contributed by atoms with Crippen molar-refractivity contribution in [3.05, 3.63) is 0 Å². The second-order valence-electron chi connectivity index (χ2n) is 3.53. The molecule has 2 fully saturated rings. The zero-order valence-corrected chi connectivity index (χ0v) is 7.29. The van der Waals surface area contributed by atoms with Crippen LogP contribution in [-0.2, 0) is 9.53 Å². The minimum Gasteiger partial charge on any atom is -0.368 e. The minimum absolute atomic E-state index is 0.108. The van der Waals surface area contributed by atoms with Gasteiger partial charge in [0.15, 0.2) is 0 Å². The number of carbonyl (C=O) groups is 1. The molecule has 0 aliphatic carbocycles. The van der Waals surface area contributed by atoms with Crippen LogP contribution in [0.15, 0.2) is 0 Å². The average molecular weight is 169 g/mol. The second-order valence-corrected chi connectivity index (χ2v) is 3.53. The fourth-order valence-corrected chi connectivity index (χ4v) is 1.91. The molecule has 0 aromatic rings. The van der Waals surface area contributed by atoms with E-state index >= 15 is 0 Å². The van der Waals surface area contributed by atoms with Crippen molar-refractivity contribution in [2.75, 3.05) is 19.7 Å². The van der Waals surface area contributed by atoms with Crippen LogP contribution in [0.4, 0.5) is 0 Å². The van der Waals surface area contributed by atoms with Crippen molar-refractivity contribution in [1.82, 2.24) is 4.90 Å². The first-order valence-electron chi connectivity index (χ1n) is 4.78. The Kier molecular flexibility index (Phi) is 2.30. The maximum absolute atomic E-state index is 11.6. The monoisotopic (exact) mass is 169 g/mol. The van der Waals surface area contributed by atoms with Crippen molar-refractivity contribution < 1.29 is 9.53 Å². The van der Waals surface area contributed by atoms with E-state index in [0.29, 0.717) is 0 Å². The molecule has 0 aromatic heterocycles. The third kappa shape index (κ3) is 1.46. The van der Waals surface area contributed by atoms with Gasteiger partial charge < -0.3 is 9.64 Å². The van der Waals surface area contributed by atoms with Gasteiger partial charge >= 0.3 is 0 Å². The lowest BCUT2D eigenvalue weighted by atomic mass is 10.2. The van der Waals surface area contributed by atoms with Gasteiger partial charge in [-0.2, -0.15) is 0 Å². The van der Waals surface area contributed by atoms with E-state index in [4.69, 9.17) is 4.74 Å². The van der Waals surface area contributed by atoms with E-state index in [9.17, 15) is 4.79 Å². The third-order valence-corrected chi connectivity index (χ3v) is 2.62. The van der Waals surface area contributed by atoms with Crippen LogP contribution in [0, 0.1) is 0 Å². The Labute approximate surface area is 72.7 Å². The van der Waals surface area contributed by atoms with Crippen molar-refractivity contribution in [2.24, 2.45) is 0 Å². The topological polar surface area (TPSA) is 29.5 Å². The Morgan fingerprint density at radius 2 is 2.00 bits per heavy atom. The SMILES string of the molecule is O=C(C1CCCO1)N1CCCC1. The average Bonchev–Trinajstić information content (AvgIpc) is 2.77. The molecule has 68 valence electrons. The first-order valence-corrected chi connectivity index (χ1v) is 4.78. The molecule has 2 saturated heterocycles. The minimum atomic E-state index is -0.108. The lowest BCUT2D eigenvalue weighted by Crippen LogP contribution is -2.36. The Balaban J connectivity index is 1.89. The summed E-state index contributed by atoms with van der Waals surface area (Å²) in [6.07, 6.45) is 4.19. The van der Waals surface area contributed by atoms with Crippen molar-refractivity contribution in [3.8, 4) is 0 Å². The summed E-state index contributed by atoms with van der Waals surface area (Å²) in [5.74, 6) is 0.227. The zero-order valence-electron chi connectivity index (χ0n) is 7.29. The molecule has 3 heteroatoms. The normalized spacial score (nSPS) is 29.7. The number of likely N-dealkylation sites (tertiary alicyclic amines) is 1. The molecule has 2 heterocycles. The molecular weight excluding hydrogens is 154 g/mol. The summed E-state index contributed by atoms with van der Waals surface area (Å²) in [5.41, 5.74) is 0. The first kappa shape index (κ1) is 8.05. The highest BCUT2D eigenvalue weighted by Gasteiger charge is 2.29. The maximum atomic E-state index is 11.6. The van der Waals surface area contributed by atoms with Crippen LogP contribution < -0.4 is 0 Å². The summed E-state index contributed by atoms with van der Waals surface area (Å²) in [7, 11) is 0. The van der Waals surface area contributed by atoms with E-state index in [1.807, 2.05) is 4.90 Å². The lowest BCUT2D eigenvalue weighted by molar-refractivity contribution is -0.139. The van der Waals surface area contributed by atoms with E-state index in [0.717, 1.165) is 32.5 Å². The molecule has 0 radical (unpaired) electrons. The van der Waals surface area contributed by atoms with Gasteiger partial charge in [0.25, 0.3) is 5.91 Å². The molecule has 0 bridgehead atoms. The Morgan fingerprint density at radius 3 is 2.58 bits per heavy atom. The van der Waals surface area contributed by atoms with Crippen LogP contribution >= 0.6 is 0 Å². The smallest absolute Gasteiger partial charge is 0.251 e. The number of amides is 1. The number of rotatable bonds is 1. The van der Waals surface area contributed by atoms with Crippen molar-refractivity contribution in [1.29, 1.82) is 0 Å². The van der Waals surface area contributed by atoms with E-state index in [2.05, 4.69) is 0 Å². The van der Waals surface area contributed by atoms with Crippen molar-refractivity contribution >= 4 is 5.91 Å². The highest BCUT2D eigenvalue weighted by Crippen LogP contribution is 2.17. The van der Waals surface area contributed by atoms with Gasteiger partial charge in [-0.1, -0.05) is 0 Å². The quantitative estimate of drug-likeness (QED) is 0.580. The van der Waals surface area contributed by atoms with Crippen LogP contribution in [0.25, 0.3) is 0 Å². The molecule has 0 N–H and O–H groups in total. The molecule has 2 aliphatic rings. The molecule has 3 nitrogen and oxygen atoms in total. The fraction of sp³-hybridized carbons (Fsp3) is 0.889. The van der Waals surface area contributed by atoms with Crippen LogP contribution in [0.1, 0.15) is 25.7 Å². The predicted octanol–water partition coefficient (Wildman–Crippen LogP) is 0.788. The van der Waals surface area contributed by atoms with Gasteiger partial charge in [-0.25, -0.2) is 0 Å². The second kappa shape index (κ2) is 3.44. The van der Waals surface area contributed by atoms with Crippen LogP contribution in [-0.4, -0.2) is 36.6 Å². The molecule has 0 saturated carbocycles. The summed E-state index contributed by atoms with van der Waals surface area (Å²) in [4.78, 5) is 13.6. The molecule has 1 amide bonds. The maximum Gasteiger partial charge on any atom is 0.251 e. The largest absolute Gasteiger partial charge is 0.368 e. The summed E-state index contributed by atoms with van der Waals surface area (Å²) in [5, 5.41) is 0. The molecular formula is C9H15NO2. The molecule has 12 heavy (non-hydrogen) atoms. The van der Waals surface area contributed by atoms with Gasteiger partial charge in [-0.05, 0) is 25.7 Å². The van der Waals surface area contributed by atoms with Crippen LogP contribution in [0.5, 0.6) is 0 Å². The van der Waals surface area contributed by atoms with E-state index in [1.165, 1.54) is 12.8 Å². The predicted molar refractivity (Wildman–Crippen MR) is 44.8 cm³/mol. The molecule has 0 spiro atoms. The molecule has 1 atom stereocenters. The van der Waals surface area contributed by atoms with Gasteiger partial charge in [-0.3, -0.25) is 4.79 Å². The molecule has 2 rings (SSSR count). The first-order chi connectivity index (χ1) is 5.88. The number of hydrogen-bond acceptors (Lipinski definition) is 2. The summed E-state index contributed by atoms with van der Waals surface area (Å²) in [6.45, 7) is 2.65. The molecule has 1 unspecified atom stereocenters. The number of hydrogen-bond donors (Lipinski definition) is 0.